The third-order valence-electron chi connectivity index (χ3n) is 3.73. The van der Waals surface area contributed by atoms with E-state index in [1.54, 1.807) is 6.92 Å². The van der Waals surface area contributed by atoms with Gasteiger partial charge in [-0.25, -0.2) is 19.2 Å². The SMILES string of the molecule is CC1CCC2=C(C(=O)OC2=O)C12C(=O)OC2=O. The average molecular weight is 236 g/mol. The minimum atomic E-state index is -1.59. The van der Waals surface area contributed by atoms with E-state index >= 15 is 0 Å². The summed E-state index contributed by atoms with van der Waals surface area (Å²) in [5.41, 5.74) is -1.53. The fraction of sp³-hybridized carbons (Fsp3) is 0.455. The predicted molar refractivity (Wildman–Crippen MR) is 50.1 cm³/mol. The van der Waals surface area contributed by atoms with Gasteiger partial charge in [-0.1, -0.05) is 6.92 Å². The Hall–Kier alpha value is -1.98. The molecule has 0 amide bonds. The lowest BCUT2D eigenvalue weighted by Crippen LogP contribution is -2.60. The second-order valence-corrected chi connectivity index (χ2v) is 4.46. The maximum Gasteiger partial charge on any atom is 0.344 e. The zero-order valence-corrected chi connectivity index (χ0v) is 8.94. The molecule has 0 aromatic heterocycles. The molecule has 1 unspecified atom stereocenters. The third kappa shape index (κ3) is 0.916. The fourth-order valence-electron chi connectivity index (χ4n) is 2.76. The molecule has 0 bridgehead atoms. The molecule has 1 aliphatic carbocycles. The van der Waals surface area contributed by atoms with Crippen molar-refractivity contribution in [2.45, 2.75) is 19.8 Å². The lowest BCUT2D eigenvalue weighted by Gasteiger charge is -2.42. The van der Waals surface area contributed by atoms with Gasteiger partial charge in [-0.3, -0.25) is 0 Å². The number of ether oxygens (including phenoxy) is 2. The lowest BCUT2D eigenvalue weighted by molar-refractivity contribution is -0.199. The van der Waals surface area contributed by atoms with Crippen LogP contribution < -0.4 is 0 Å². The van der Waals surface area contributed by atoms with Crippen LogP contribution in [0.2, 0.25) is 0 Å². The van der Waals surface area contributed by atoms with E-state index in [-0.39, 0.29) is 17.1 Å². The van der Waals surface area contributed by atoms with E-state index in [2.05, 4.69) is 9.47 Å². The number of hydrogen-bond donors (Lipinski definition) is 0. The first-order valence-corrected chi connectivity index (χ1v) is 5.26. The van der Waals surface area contributed by atoms with Gasteiger partial charge in [0.2, 0.25) is 5.41 Å². The van der Waals surface area contributed by atoms with Crippen molar-refractivity contribution in [2.75, 3.05) is 0 Å². The molecule has 6 heteroatoms. The van der Waals surface area contributed by atoms with Gasteiger partial charge in [0.1, 0.15) is 0 Å². The Labute approximate surface area is 95.6 Å². The van der Waals surface area contributed by atoms with Crippen molar-refractivity contribution in [1.82, 2.24) is 0 Å². The average Bonchev–Trinajstić information content (AvgIpc) is 2.54. The van der Waals surface area contributed by atoms with Crippen LogP contribution in [0.4, 0.5) is 0 Å². The van der Waals surface area contributed by atoms with Crippen molar-refractivity contribution in [1.29, 1.82) is 0 Å². The van der Waals surface area contributed by atoms with Crippen molar-refractivity contribution in [3.8, 4) is 0 Å². The quantitative estimate of drug-likeness (QED) is 0.430. The van der Waals surface area contributed by atoms with Crippen molar-refractivity contribution in [3.63, 3.8) is 0 Å². The van der Waals surface area contributed by atoms with Gasteiger partial charge in [0.05, 0.1) is 5.57 Å². The number of fused-ring (bicyclic) bond motifs is 1. The van der Waals surface area contributed by atoms with E-state index in [4.69, 9.17) is 0 Å². The van der Waals surface area contributed by atoms with Crippen LogP contribution in [0.25, 0.3) is 0 Å². The molecule has 17 heavy (non-hydrogen) atoms. The maximum atomic E-state index is 11.6. The molecule has 1 fully saturated rings. The van der Waals surface area contributed by atoms with E-state index in [1.807, 2.05) is 0 Å². The van der Waals surface area contributed by atoms with Gasteiger partial charge in [-0.2, -0.15) is 0 Å². The van der Waals surface area contributed by atoms with Gasteiger partial charge >= 0.3 is 23.9 Å². The van der Waals surface area contributed by atoms with Gasteiger partial charge in [0.25, 0.3) is 0 Å². The van der Waals surface area contributed by atoms with E-state index < -0.39 is 29.3 Å². The van der Waals surface area contributed by atoms with Crippen molar-refractivity contribution in [3.05, 3.63) is 11.1 Å². The zero-order valence-electron chi connectivity index (χ0n) is 8.94. The summed E-state index contributed by atoms with van der Waals surface area (Å²) >= 11 is 0. The fourth-order valence-corrected chi connectivity index (χ4v) is 2.76. The van der Waals surface area contributed by atoms with E-state index in [0.29, 0.717) is 12.8 Å². The first-order chi connectivity index (χ1) is 7.99. The van der Waals surface area contributed by atoms with Crippen molar-refractivity contribution < 1.29 is 28.7 Å². The molecule has 2 heterocycles. The Morgan fingerprint density at radius 1 is 1.06 bits per heavy atom. The smallest absolute Gasteiger partial charge is 0.344 e. The monoisotopic (exact) mass is 236 g/mol. The first-order valence-electron chi connectivity index (χ1n) is 5.26. The van der Waals surface area contributed by atoms with Crippen LogP contribution in [0.15, 0.2) is 11.1 Å². The summed E-state index contributed by atoms with van der Waals surface area (Å²) in [7, 11) is 0. The highest BCUT2D eigenvalue weighted by Crippen LogP contribution is 2.53. The summed E-state index contributed by atoms with van der Waals surface area (Å²) in [4.78, 5) is 46.3. The molecule has 88 valence electrons. The van der Waals surface area contributed by atoms with Gasteiger partial charge in [0, 0.05) is 5.57 Å². The van der Waals surface area contributed by atoms with Crippen molar-refractivity contribution in [2.24, 2.45) is 11.3 Å². The van der Waals surface area contributed by atoms with Crippen LogP contribution in [0.1, 0.15) is 19.8 Å². The molecule has 2 aliphatic heterocycles. The molecule has 3 aliphatic rings. The molecule has 1 spiro atoms. The molecular formula is C11H8O6. The Bertz CT molecular complexity index is 512. The van der Waals surface area contributed by atoms with E-state index in [9.17, 15) is 19.2 Å². The normalized spacial score (nSPS) is 30.1. The second kappa shape index (κ2) is 2.82. The summed E-state index contributed by atoms with van der Waals surface area (Å²) in [5.74, 6) is -3.50. The number of hydrogen-bond acceptors (Lipinski definition) is 6. The third-order valence-corrected chi connectivity index (χ3v) is 3.73. The number of carbonyl (C=O) groups is 4. The minimum absolute atomic E-state index is 0.0949. The highest BCUT2D eigenvalue weighted by molar-refractivity contribution is 6.26. The molecule has 0 aromatic rings. The molecule has 1 atom stereocenters. The summed E-state index contributed by atoms with van der Waals surface area (Å²) in [6.07, 6.45) is 0.825. The van der Waals surface area contributed by atoms with Crippen LogP contribution in [-0.2, 0) is 28.7 Å². The van der Waals surface area contributed by atoms with Gasteiger partial charge in [-0.05, 0) is 18.8 Å². The van der Waals surface area contributed by atoms with E-state index in [1.165, 1.54) is 0 Å². The van der Waals surface area contributed by atoms with Crippen LogP contribution in [0, 0.1) is 11.3 Å². The molecular weight excluding hydrogens is 228 g/mol. The molecule has 6 nitrogen and oxygen atoms in total. The van der Waals surface area contributed by atoms with E-state index in [0.717, 1.165) is 0 Å². The summed E-state index contributed by atoms with van der Waals surface area (Å²) in [6, 6.07) is 0. The highest BCUT2D eigenvalue weighted by atomic mass is 16.6. The predicted octanol–water partition coefficient (Wildman–Crippen LogP) is -0.134. The largest absolute Gasteiger partial charge is 0.391 e. The number of esters is 4. The Balaban J connectivity index is 2.25. The lowest BCUT2D eigenvalue weighted by atomic mass is 9.61. The topological polar surface area (TPSA) is 86.7 Å². The number of rotatable bonds is 0. The van der Waals surface area contributed by atoms with Crippen molar-refractivity contribution >= 4 is 23.9 Å². The van der Waals surface area contributed by atoms with Crippen LogP contribution in [-0.4, -0.2) is 23.9 Å². The van der Waals surface area contributed by atoms with Crippen LogP contribution in [0.3, 0.4) is 0 Å². The molecule has 0 saturated carbocycles. The molecule has 0 radical (unpaired) electrons. The minimum Gasteiger partial charge on any atom is -0.391 e. The Morgan fingerprint density at radius 2 is 1.71 bits per heavy atom. The van der Waals surface area contributed by atoms with Gasteiger partial charge in [-0.15, -0.1) is 0 Å². The highest BCUT2D eigenvalue weighted by Gasteiger charge is 2.70. The number of cyclic esters (lactones) is 4. The molecule has 1 saturated heterocycles. The second-order valence-electron chi connectivity index (χ2n) is 4.46. The van der Waals surface area contributed by atoms with Gasteiger partial charge < -0.3 is 9.47 Å². The summed E-state index contributed by atoms with van der Waals surface area (Å²) < 4.78 is 8.84. The van der Waals surface area contributed by atoms with Crippen LogP contribution >= 0.6 is 0 Å². The molecule has 0 N–H and O–H groups in total. The standard InChI is InChI=1S/C11H8O6/c1-4-2-3-5-6(8(13)16-7(5)12)11(4)9(14)17-10(11)15/h4H,2-3H2,1H3. The maximum absolute atomic E-state index is 11.6. The van der Waals surface area contributed by atoms with Crippen LogP contribution in [0.5, 0.6) is 0 Å². The molecule has 3 rings (SSSR count). The summed E-state index contributed by atoms with van der Waals surface area (Å²) in [6.45, 7) is 1.69. The summed E-state index contributed by atoms with van der Waals surface area (Å²) in [5, 5.41) is 0. The zero-order chi connectivity index (χ0) is 12.4. The molecule has 0 aromatic carbocycles. The Kier molecular flexibility index (Phi) is 1.69. The first kappa shape index (κ1) is 10.2. The van der Waals surface area contributed by atoms with Gasteiger partial charge in [0.15, 0.2) is 0 Å². The number of carbonyl (C=O) groups excluding carboxylic acids is 4. The Morgan fingerprint density at radius 3 is 2.29 bits per heavy atom.